The molecule has 130 valence electrons. The quantitative estimate of drug-likeness (QED) is 0.889. The summed E-state index contributed by atoms with van der Waals surface area (Å²) < 4.78 is 5.86. The van der Waals surface area contributed by atoms with Crippen molar-refractivity contribution in [3.8, 4) is 11.5 Å². The van der Waals surface area contributed by atoms with Gasteiger partial charge in [0.15, 0.2) is 0 Å². The lowest BCUT2D eigenvalue weighted by molar-refractivity contribution is -0.124. The number of nitrogens with zero attached hydrogens (tertiary/aromatic N) is 1. The van der Waals surface area contributed by atoms with Crippen LogP contribution in [-0.4, -0.2) is 42.4 Å². The smallest absolute Gasteiger partial charge is 0.258 e. The number of ether oxygens (including phenoxy) is 1. The van der Waals surface area contributed by atoms with Gasteiger partial charge in [0.1, 0.15) is 17.5 Å². The van der Waals surface area contributed by atoms with Gasteiger partial charge in [-0.3, -0.25) is 9.59 Å². The summed E-state index contributed by atoms with van der Waals surface area (Å²) >= 11 is 0. The van der Waals surface area contributed by atoms with E-state index in [1.165, 1.54) is 4.90 Å². The highest BCUT2D eigenvalue weighted by atomic mass is 16.5. The van der Waals surface area contributed by atoms with Crippen LogP contribution >= 0.6 is 0 Å². The predicted octanol–water partition coefficient (Wildman–Crippen LogP) is 1.77. The molecular weight excluding hydrogens is 318 g/mol. The third-order valence-electron chi connectivity index (χ3n) is 4.23. The van der Waals surface area contributed by atoms with Gasteiger partial charge in [-0.15, -0.1) is 0 Å². The van der Waals surface area contributed by atoms with Crippen LogP contribution in [0.1, 0.15) is 16.8 Å². The highest BCUT2D eigenvalue weighted by Gasteiger charge is 2.38. The van der Waals surface area contributed by atoms with Crippen LogP contribution in [0.25, 0.3) is 0 Å². The maximum absolute atomic E-state index is 13.0. The molecule has 0 aliphatic carbocycles. The zero-order chi connectivity index (χ0) is 17.8. The van der Waals surface area contributed by atoms with E-state index in [1.807, 2.05) is 30.3 Å². The van der Waals surface area contributed by atoms with Gasteiger partial charge in [-0.25, -0.2) is 0 Å². The Balaban J connectivity index is 1.88. The molecule has 25 heavy (non-hydrogen) atoms. The van der Waals surface area contributed by atoms with Crippen LogP contribution in [0.4, 0.5) is 0 Å². The largest absolute Gasteiger partial charge is 0.457 e. The van der Waals surface area contributed by atoms with Crippen LogP contribution in [-0.2, 0) is 4.79 Å². The molecule has 1 aliphatic rings. The second kappa shape index (κ2) is 7.36. The first-order valence-corrected chi connectivity index (χ1v) is 8.20. The molecule has 2 aromatic rings. The van der Waals surface area contributed by atoms with Gasteiger partial charge < -0.3 is 20.7 Å². The van der Waals surface area contributed by atoms with Gasteiger partial charge in [-0.2, -0.15) is 0 Å². The summed E-state index contributed by atoms with van der Waals surface area (Å²) in [6, 6.07) is 15.5. The van der Waals surface area contributed by atoms with E-state index in [1.54, 1.807) is 31.3 Å². The summed E-state index contributed by atoms with van der Waals surface area (Å²) in [5.74, 6) is 0.634. The molecule has 6 nitrogen and oxygen atoms in total. The zero-order valence-corrected chi connectivity index (χ0v) is 14.0. The third kappa shape index (κ3) is 3.64. The molecule has 0 saturated carbocycles. The number of hydrogen-bond donors (Lipinski definition) is 2. The van der Waals surface area contributed by atoms with Crippen molar-refractivity contribution >= 4 is 11.8 Å². The van der Waals surface area contributed by atoms with Gasteiger partial charge in [0, 0.05) is 19.6 Å². The van der Waals surface area contributed by atoms with Crippen molar-refractivity contribution in [3.05, 3.63) is 60.2 Å². The highest BCUT2D eigenvalue weighted by Crippen LogP contribution is 2.28. The van der Waals surface area contributed by atoms with Crippen molar-refractivity contribution in [1.29, 1.82) is 0 Å². The zero-order valence-electron chi connectivity index (χ0n) is 14.0. The fraction of sp³-hybridized carbons (Fsp3) is 0.263. The maximum atomic E-state index is 13.0. The minimum Gasteiger partial charge on any atom is -0.457 e. The number of carbonyl (C=O) groups excluding carboxylic acids is 2. The number of rotatable bonds is 4. The van der Waals surface area contributed by atoms with Crippen LogP contribution in [0, 0.1) is 0 Å². The molecule has 1 saturated heterocycles. The lowest BCUT2D eigenvalue weighted by atomic mass is 10.1. The van der Waals surface area contributed by atoms with Crippen molar-refractivity contribution in [3.63, 3.8) is 0 Å². The number of likely N-dealkylation sites (N-methyl/N-ethyl adjacent to an activating group) is 1. The van der Waals surface area contributed by atoms with E-state index in [-0.39, 0.29) is 17.9 Å². The molecule has 1 fully saturated rings. The van der Waals surface area contributed by atoms with Crippen LogP contribution in [0.15, 0.2) is 54.6 Å². The van der Waals surface area contributed by atoms with E-state index in [2.05, 4.69) is 5.32 Å². The summed E-state index contributed by atoms with van der Waals surface area (Å²) in [6.45, 7) is 0.344. The molecule has 0 aromatic heterocycles. The first-order valence-electron chi connectivity index (χ1n) is 8.20. The molecule has 3 N–H and O–H groups in total. The Hall–Kier alpha value is -2.86. The topological polar surface area (TPSA) is 84.7 Å². The summed E-state index contributed by atoms with van der Waals surface area (Å²) in [5.41, 5.74) is 6.39. The SMILES string of the molecule is CNC(=O)[C@@H]1C[C@@H](N)CN1C(=O)c1ccccc1Oc1ccccc1. The summed E-state index contributed by atoms with van der Waals surface area (Å²) in [6.07, 6.45) is 0.452. The second-order valence-corrected chi connectivity index (χ2v) is 5.99. The molecule has 0 spiro atoms. The maximum Gasteiger partial charge on any atom is 0.258 e. The van der Waals surface area contributed by atoms with Gasteiger partial charge in [-0.05, 0) is 30.7 Å². The standard InChI is InChI=1S/C19H21N3O3/c1-21-18(23)16-11-13(20)12-22(16)19(24)15-9-5-6-10-17(15)25-14-7-3-2-4-8-14/h2-10,13,16H,11-12,20H2,1H3,(H,21,23)/t13-,16+/m1/s1. The van der Waals surface area contributed by atoms with E-state index in [9.17, 15) is 9.59 Å². The number of amides is 2. The van der Waals surface area contributed by atoms with Crippen molar-refractivity contribution in [2.24, 2.45) is 5.73 Å². The lowest BCUT2D eigenvalue weighted by Crippen LogP contribution is -2.45. The van der Waals surface area contributed by atoms with Gasteiger partial charge in [0.25, 0.3) is 5.91 Å². The first kappa shape index (κ1) is 17.0. The van der Waals surface area contributed by atoms with Gasteiger partial charge in [-0.1, -0.05) is 30.3 Å². The first-order chi connectivity index (χ1) is 12.1. The van der Waals surface area contributed by atoms with Gasteiger partial charge in [0.2, 0.25) is 5.91 Å². The third-order valence-corrected chi connectivity index (χ3v) is 4.23. The van der Waals surface area contributed by atoms with E-state index in [0.29, 0.717) is 30.0 Å². The Kier molecular flexibility index (Phi) is 5.00. The molecular formula is C19H21N3O3. The van der Waals surface area contributed by atoms with Crippen LogP contribution < -0.4 is 15.8 Å². The molecule has 1 aliphatic heterocycles. The predicted molar refractivity (Wildman–Crippen MR) is 94.4 cm³/mol. The molecule has 0 radical (unpaired) electrons. The molecule has 3 rings (SSSR count). The minimum absolute atomic E-state index is 0.206. The fourth-order valence-electron chi connectivity index (χ4n) is 3.01. The van der Waals surface area contributed by atoms with Crippen LogP contribution in [0.3, 0.4) is 0 Å². The Morgan fingerprint density at radius 3 is 2.52 bits per heavy atom. The number of likely N-dealkylation sites (tertiary alicyclic amines) is 1. The van der Waals surface area contributed by atoms with Gasteiger partial charge >= 0.3 is 0 Å². The Labute approximate surface area is 146 Å². The Morgan fingerprint density at radius 1 is 1.12 bits per heavy atom. The monoisotopic (exact) mass is 339 g/mol. The molecule has 2 amide bonds. The molecule has 0 unspecified atom stereocenters. The number of benzene rings is 2. The molecule has 2 aromatic carbocycles. The van der Waals surface area contributed by atoms with E-state index in [4.69, 9.17) is 10.5 Å². The van der Waals surface area contributed by atoms with Crippen molar-refractivity contribution in [2.45, 2.75) is 18.5 Å². The summed E-state index contributed by atoms with van der Waals surface area (Å²) in [4.78, 5) is 26.7. The average molecular weight is 339 g/mol. The van der Waals surface area contributed by atoms with E-state index < -0.39 is 6.04 Å². The molecule has 1 heterocycles. The Morgan fingerprint density at radius 2 is 1.80 bits per heavy atom. The van der Waals surface area contributed by atoms with Gasteiger partial charge in [0.05, 0.1) is 5.56 Å². The summed E-state index contributed by atoms with van der Waals surface area (Å²) in [5, 5.41) is 2.60. The van der Waals surface area contributed by atoms with E-state index >= 15 is 0 Å². The average Bonchev–Trinajstić information content (AvgIpc) is 3.03. The molecule has 6 heteroatoms. The normalized spacial score (nSPS) is 19.5. The Bertz CT molecular complexity index is 764. The van der Waals surface area contributed by atoms with Crippen LogP contribution in [0.2, 0.25) is 0 Å². The molecule has 0 bridgehead atoms. The molecule has 2 atom stereocenters. The fourth-order valence-corrected chi connectivity index (χ4v) is 3.01. The second-order valence-electron chi connectivity index (χ2n) is 5.99. The lowest BCUT2D eigenvalue weighted by Gasteiger charge is -2.24. The highest BCUT2D eigenvalue weighted by molar-refractivity contribution is 6.00. The number of hydrogen-bond acceptors (Lipinski definition) is 4. The van der Waals surface area contributed by atoms with Crippen molar-refractivity contribution in [2.75, 3.05) is 13.6 Å². The number of nitrogens with one attached hydrogen (secondary N) is 1. The summed E-state index contributed by atoms with van der Waals surface area (Å²) in [7, 11) is 1.56. The minimum atomic E-state index is -0.558. The number of para-hydroxylation sites is 2. The number of carbonyl (C=O) groups is 2. The van der Waals surface area contributed by atoms with Crippen LogP contribution in [0.5, 0.6) is 11.5 Å². The van der Waals surface area contributed by atoms with E-state index in [0.717, 1.165) is 0 Å². The number of nitrogens with two attached hydrogens (primary N) is 1. The van der Waals surface area contributed by atoms with Crippen molar-refractivity contribution in [1.82, 2.24) is 10.2 Å². The van der Waals surface area contributed by atoms with Crippen molar-refractivity contribution < 1.29 is 14.3 Å².